The maximum absolute atomic E-state index is 6.00. The van der Waals surface area contributed by atoms with Gasteiger partial charge in [0.1, 0.15) is 0 Å². The van der Waals surface area contributed by atoms with Crippen molar-refractivity contribution in [3.8, 4) is 0 Å². The molecule has 18 heavy (non-hydrogen) atoms. The van der Waals surface area contributed by atoms with Gasteiger partial charge in [0.15, 0.2) is 0 Å². The Morgan fingerprint density at radius 2 is 1.78 bits per heavy atom. The van der Waals surface area contributed by atoms with Crippen LogP contribution in [0.15, 0.2) is 12.3 Å². The van der Waals surface area contributed by atoms with E-state index in [1.165, 1.54) is 0 Å². The summed E-state index contributed by atoms with van der Waals surface area (Å²) in [5.74, 6) is 0. The Labute approximate surface area is 109 Å². The second kappa shape index (κ2) is 4.25. The molecule has 1 saturated heterocycles. The lowest BCUT2D eigenvalue weighted by Gasteiger charge is -2.32. The van der Waals surface area contributed by atoms with Gasteiger partial charge in [0.25, 0.3) is 0 Å². The van der Waals surface area contributed by atoms with Crippen LogP contribution < -0.4 is 11.2 Å². The summed E-state index contributed by atoms with van der Waals surface area (Å²) in [6.45, 7) is 10.2. The molecule has 1 fully saturated rings. The highest BCUT2D eigenvalue weighted by atomic mass is 16.7. The molecule has 0 bridgehead atoms. The van der Waals surface area contributed by atoms with Crippen molar-refractivity contribution in [1.29, 1.82) is 0 Å². The lowest BCUT2D eigenvalue weighted by atomic mass is 9.78. The summed E-state index contributed by atoms with van der Waals surface area (Å²) in [5, 5.41) is 0. The zero-order valence-electron chi connectivity index (χ0n) is 11.8. The van der Waals surface area contributed by atoms with Crippen molar-refractivity contribution in [2.75, 3.05) is 5.73 Å². The Balaban J connectivity index is 2.34. The minimum Gasteiger partial charge on any atom is -0.399 e. The van der Waals surface area contributed by atoms with Crippen LogP contribution in [0.4, 0.5) is 5.69 Å². The van der Waals surface area contributed by atoms with E-state index in [0.717, 1.165) is 17.6 Å². The van der Waals surface area contributed by atoms with Crippen molar-refractivity contribution < 1.29 is 9.31 Å². The van der Waals surface area contributed by atoms with Crippen LogP contribution >= 0.6 is 0 Å². The number of rotatable bonds is 2. The van der Waals surface area contributed by atoms with E-state index in [0.29, 0.717) is 5.69 Å². The molecular weight excluding hydrogens is 227 g/mol. The zero-order chi connectivity index (χ0) is 13.6. The molecule has 0 atom stereocenters. The van der Waals surface area contributed by atoms with Gasteiger partial charge in [-0.25, -0.2) is 0 Å². The molecular formula is C13H21BN2O2. The normalized spacial score (nSPS) is 21.3. The molecule has 4 nitrogen and oxygen atoms in total. The minimum atomic E-state index is -0.414. The molecule has 0 amide bonds. The number of nitrogens with two attached hydrogens (primary N) is 1. The Morgan fingerprint density at radius 1 is 1.22 bits per heavy atom. The monoisotopic (exact) mass is 248 g/mol. The van der Waals surface area contributed by atoms with Crippen LogP contribution in [0.25, 0.3) is 0 Å². The predicted molar refractivity (Wildman–Crippen MR) is 73.7 cm³/mol. The molecule has 1 aromatic heterocycles. The third-order valence-corrected chi connectivity index (χ3v) is 3.89. The molecule has 0 saturated carbocycles. The van der Waals surface area contributed by atoms with E-state index in [1.807, 2.05) is 33.8 Å². The second-order valence-corrected chi connectivity index (χ2v) is 5.75. The number of hydrogen-bond acceptors (Lipinski definition) is 4. The van der Waals surface area contributed by atoms with Gasteiger partial charge in [0.05, 0.1) is 11.2 Å². The Hall–Kier alpha value is -1.07. The number of anilines is 1. The van der Waals surface area contributed by atoms with Crippen LogP contribution in [0.2, 0.25) is 0 Å². The highest BCUT2D eigenvalue weighted by Crippen LogP contribution is 2.36. The maximum atomic E-state index is 6.00. The van der Waals surface area contributed by atoms with E-state index in [-0.39, 0.29) is 11.2 Å². The molecule has 0 spiro atoms. The molecule has 2 N–H and O–H groups in total. The van der Waals surface area contributed by atoms with Gasteiger partial charge in [-0.2, -0.15) is 0 Å². The molecule has 0 aliphatic carbocycles. The van der Waals surface area contributed by atoms with Gasteiger partial charge >= 0.3 is 7.12 Å². The standard InChI is InChI=1S/C13H21BN2O2/c1-6-9-7-10(11(15)8-16-9)14-17-12(2,3)13(4,5)18-14/h7-8H,6,15H2,1-5H3. The first kappa shape index (κ1) is 13.4. The molecule has 2 rings (SSSR count). The fraction of sp³-hybridized carbons (Fsp3) is 0.615. The first-order chi connectivity index (χ1) is 8.27. The van der Waals surface area contributed by atoms with Crippen molar-refractivity contribution in [3.05, 3.63) is 18.0 Å². The van der Waals surface area contributed by atoms with Crippen LogP contribution in [0.1, 0.15) is 40.3 Å². The van der Waals surface area contributed by atoms with E-state index in [4.69, 9.17) is 15.0 Å². The van der Waals surface area contributed by atoms with Gasteiger partial charge in [-0.15, -0.1) is 0 Å². The minimum absolute atomic E-state index is 0.347. The predicted octanol–water partition coefficient (Wildman–Crippen LogP) is 1.53. The lowest BCUT2D eigenvalue weighted by Crippen LogP contribution is -2.41. The van der Waals surface area contributed by atoms with Gasteiger partial charge in [0, 0.05) is 23.0 Å². The molecule has 0 unspecified atom stereocenters. The average molecular weight is 248 g/mol. The SMILES string of the molecule is CCc1cc(B2OC(C)(C)C(C)(C)O2)c(N)cn1. The van der Waals surface area contributed by atoms with E-state index in [2.05, 4.69) is 11.9 Å². The highest BCUT2D eigenvalue weighted by molar-refractivity contribution is 6.63. The second-order valence-electron chi connectivity index (χ2n) is 5.75. The van der Waals surface area contributed by atoms with Gasteiger partial charge < -0.3 is 15.0 Å². The highest BCUT2D eigenvalue weighted by Gasteiger charge is 2.52. The summed E-state index contributed by atoms with van der Waals surface area (Å²) in [7, 11) is -0.414. The van der Waals surface area contributed by atoms with E-state index < -0.39 is 7.12 Å². The van der Waals surface area contributed by atoms with Crippen LogP contribution in [0, 0.1) is 0 Å². The molecule has 2 heterocycles. The van der Waals surface area contributed by atoms with Gasteiger partial charge in [-0.3, -0.25) is 4.98 Å². The summed E-state index contributed by atoms with van der Waals surface area (Å²) < 4.78 is 12.0. The smallest absolute Gasteiger partial charge is 0.399 e. The average Bonchev–Trinajstić information content (AvgIpc) is 2.48. The third kappa shape index (κ3) is 2.13. The summed E-state index contributed by atoms with van der Waals surface area (Å²) in [4.78, 5) is 4.27. The van der Waals surface area contributed by atoms with Crippen molar-refractivity contribution in [3.63, 3.8) is 0 Å². The third-order valence-electron chi connectivity index (χ3n) is 3.89. The molecule has 98 valence electrons. The number of pyridine rings is 1. The zero-order valence-corrected chi connectivity index (χ0v) is 11.8. The summed E-state index contributed by atoms with van der Waals surface area (Å²) >= 11 is 0. The van der Waals surface area contributed by atoms with Crippen LogP contribution in [-0.4, -0.2) is 23.3 Å². The van der Waals surface area contributed by atoms with Crippen LogP contribution in [-0.2, 0) is 15.7 Å². The van der Waals surface area contributed by atoms with Crippen molar-refractivity contribution in [1.82, 2.24) is 4.98 Å². The van der Waals surface area contributed by atoms with Crippen molar-refractivity contribution in [2.45, 2.75) is 52.2 Å². The topological polar surface area (TPSA) is 57.4 Å². The summed E-state index contributed by atoms with van der Waals surface area (Å²) in [5.41, 5.74) is 7.77. The van der Waals surface area contributed by atoms with Gasteiger partial charge in [-0.1, -0.05) is 6.92 Å². The fourth-order valence-electron chi connectivity index (χ4n) is 1.89. The van der Waals surface area contributed by atoms with Crippen molar-refractivity contribution >= 4 is 18.3 Å². The number of nitrogen functional groups attached to an aromatic ring is 1. The number of hydrogen-bond donors (Lipinski definition) is 1. The fourth-order valence-corrected chi connectivity index (χ4v) is 1.89. The van der Waals surface area contributed by atoms with E-state index in [1.54, 1.807) is 6.20 Å². The van der Waals surface area contributed by atoms with Crippen LogP contribution in [0.3, 0.4) is 0 Å². The molecule has 1 aliphatic heterocycles. The summed E-state index contributed by atoms with van der Waals surface area (Å²) in [6, 6.07) is 1.97. The van der Waals surface area contributed by atoms with Crippen LogP contribution in [0.5, 0.6) is 0 Å². The lowest BCUT2D eigenvalue weighted by molar-refractivity contribution is 0.00578. The number of aryl methyl sites for hydroxylation is 1. The maximum Gasteiger partial charge on any atom is 0.497 e. The molecule has 1 aromatic rings. The molecule has 0 radical (unpaired) electrons. The Morgan fingerprint density at radius 3 is 2.28 bits per heavy atom. The molecule has 0 aromatic carbocycles. The summed E-state index contributed by atoms with van der Waals surface area (Å²) in [6.07, 6.45) is 2.55. The Bertz CT molecular complexity index is 444. The Kier molecular flexibility index (Phi) is 3.15. The van der Waals surface area contributed by atoms with E-state index in [9.17, 15) is 0 Å². The quantitative estimate of drug-likeness (QED) is 0.806. The largest absolute Gasteiger partial charge is 0.497 e. The molecule has 5 heteroatoms. The van der Waals surface area contributed by atoms with Crippen molar-refractivity contribution in [2.24, 2.45) is 0 Å². The number of aromatic nitrogens is 1. The first-order valence-electron chi connectivity index (χ1n) is 6.37. The molecule has 1 aliphatic rings. The number of nitrogens with zero attached hydrogens (tertiary/aromatic N) is 1. The first-order valence-corrected chi connectivity index (χ1v) is 6.37. The van der Waals surface area contributed by atoms with Gasteiger partial charge in [0.2, 0.25) is 0 Å². The van der Waals surface area contributed by atoms with E-state index >= 15 is 0 Å². The van der Waals surface area contributed by atoms with Gasteiger partial charge in [-0.05, 0) is 40.2 Å².